The molecular weight excluding hydrogens is 444 g/mol. The van der Waals surface area contributed by atoms with Crippen molar-refractivity contribution in [3.8, 4) is 11.4 Å². The zero-order chi connectivity index (χ0) is 23.9. The maximum Gasteiger partial charge on any atom is 0.222 e. The van der Waals surface area contributed by atoms with Gasteiger partial charge >= 0.3 is 0 Å². The lowest BCUT2D eigenvalue weighted by atomic mass is 10.1. The van der Waals surface area contributed by atoms with E-state index >= 15 is 0 Å². The average molecular weight is 473 g/mol. The molecule has 3 aromatic carbocycles. The highest BCUT2D eigenvalue weighted by atomic mass is 35.5. The molecule has 0 atom stereocenters. The summed E-state index contributed by atoms with van der Waals surface area (Å²) in [6.45, 7) is 6.19. The van der Waals surface area contributed by atoms with Gasteiger partial charge < -0.3 is 10.2 Å². The molecule has 1 amide bonds. The Bertz CT molecular complexity index is 1250. The quantitative estimate of drug-likeness (QED) is 0.319. The lowest BCUT2D eigenvalue weighted by Gasteiger charge is -2.27. The Morgan fingerprint density at radius 3 is 2.38 bits per heavy atom. The molecule has 6 heteroatoms. The van der Waals surface area contributed by atoms with E-state index in [-0.39, 0.29) is 5.91 Å². The van der Waals surface area contributed by atoms with Gasteiger partial charge in [0.2, 0.25) is 5.91 Å². The molecule has 0 spiro atoms. The van der Waals surface area contributed by atoms with Crippen LogP contribution < -0.4 is 10.2 Å². The Labute approximate surface area is 205 Å². The molecular formula is C28H29ClN4O. The van der Waals surface area contributed by atoms with Crippen LogP contribution in [0.2, 0.25) is 5.02 Å². The van der Waals surface area contributed by atoms with Gasteiger partial charge in [-0.15, -0.1) is 0 Å². The second kappa shape index (κ2) is 11.1. The molecule has 0 aliphatic carbocycles. The van der Waals surface area contributed by atoms with Crippen LogP contribution in [0.5, 0.6) is 0 Å². The highest BCUT2D eigenvalue weighted by Crippen LogP contribution is 2.30. The summed E-state index contributed by atoms with van der Waals surface area (Å²) in [5.41, 5.74) is 2.82. The van der Waals surface area contributed by atoms with E-state index in [2.05, 4.69) is 24.1 Å². The van der Waals surface area contributed by atoms with E-state index in [1.54, 1.807) is 0 Å². The molecule has 0 saturated heterocycles. The van der Waals surface area contributed by atoms with Gasteiger partial charge in [-0.25, -0.2) is 9.97 Å². The second-order valence-electron chi connectivity index (χ2n) is 8.75. The van der Waals surface area contributed by atoms with Gasteiger partial charge in [-0.1, -0.05) is 86.1 Å². The summed E-state index contributed by atoms with van der Waals surface area (Å²) >= 11 is 6.29. The van der Waals surface area contributed by atoms with Crippen LogP contribution in [0.4, 0.5) is 5.82 Å². The molecule has 34 heavy (non-hydrogen) atoms. The minimum absolute atomic E-state index is 0.0160. The third kappa shape index (κ3) is 6.12. The zero-order valence-electron chi connectivity index (χ0n) is 19.5. The topological polar surface area (TPSA) is 58.1 Å². The van der Waals surface area contributed by atoms with Crippen molar-refractivity contribution in [1.29, 1.82) is 0 Å². The number of nitrogens with one attached hydrogen (secondary N) is 1. The molecule has 0 saturated carbocycles. The highest BCUT2D eigenvalue weighted by molar-refractivity contribution is 6.31. The van der Waals surface area contributed by atoms with Gasteiger partial charge in [-0.2, -0.15) is 0 Å². The molecule has 5 nitrogen and oxygen atoms in total. The van der Waals surface area contributed by atoms with Crippen LogP contribution in [0.3, 0.4) is 0 Å². The van der Waals surface area contributed by atoms with Crippen molar-refractivity contribution < 1.29 is 4.79 Å². The van der Waals surface area contributed by atoms with Crippen LogP contribution in [0.1, 0.15) is 25.8 Å². The number of nitrogens with zero attached hydrogens (tertiary/aromatic N) is 3. The number of aromatic nitrogens is 2. The van der Waals surface area contributed by atoms with Gasteiger partial charge in [0, 0.05) is 42.0 Å². The number of hydrogen-bond donors (Lipinski definition) is 1. The largest absolute Gasteiger partial charge is 0.355 e. The number of hydrogen-bond acceptors (Lipinski definition) is 4. The Hall–Kier alpha value is -3.44. The summed E-state index contributed by atoms with van der Waals surface area (Å²) in [6.07, 6.45) is 0.374. The van der Waals surface area contributed by atoms with Crippen molar-refractivity contribution in [3.05, 3.63) is 89.4 Å². The first-order valence-corrected chi connectivity index (χ1v) is 12.0. The molecule has 174 valence electrons. The van der Waals surface area contributed by atoms with Crippen molar-refractivity contribution in [1.82, 2.24) is 15.3 Å². The number of rotatable bonds is 9. The normalized spacial score (nSPS) is 11.1. The predicted octanol–water partition coefficient (Wildman–Crippen LogP) is 6.12. The van der Waals surface area contributed by atoms with E-state index in [1.807, 2.05) is 78.9 Å². The van der Waals surface area contributed by atoms with Gasteiger partial charge in [-0.05, 0) is 29.7 Å². The molecule has 4 rings (SSSR count). The monoisotopic (exact) mass is 472 g/mol. The van der Waals surface area contributed by atoms with Crippen molar-refractivity contribution in [2.45, 2.75) is 26.8 Å². The second-order valence-corrected chi connectivity index (χ2v) is 9.19. The number of amides is 1. The maximum atomic E-state index is 12.6. The Kier molecular flexibility index (Phi) is 7.76. The van der Waals surface area contributed by atoms with E-state index in [0.29, 0.717) is 36.3 Å². The van der Waals surface area contributed by atoms with E-state index in [9.17, 15) is 4.79 Å². The molecule has 4 aromatic rings. The Morgan fingerprint density at radius 2 is 1.68 bits per heavy atom. The van der Waals surface area contributed by atoms with Crippen molar-refractivity contribution in [2.75, 3.05) is 18.0 Å². The molecule has 0 unspecified atom stereocenters. The fourth-order valence-corrected chi connectivity index (χ4v) is 4.06. The molecule has 0 fully saturated rings. The maximum absolute atomic E-state index is 12.6. The van der Waals surface area contributed by atoms with Crippen LogP contribution in [0, 0.1) is 5.92 Å². The summed E-state index contributed by atoms with van der Waals surface area (Å²) in [6, 6.07) is 25.6. The summed E-state index contributed by atoms with van der Waals surface area (Å²) < 4.78 is 0. The number of anilines is 1. The van der Waals surface area contributed by atoms with Crippen LogP contribution >= 0.6 is 11.6 Å². The van der Waals surface area contributed by atoms with Gasteiger partial charge in [-0.3, -0.25) is 4.79 Å². The van der Waals surface area contributed by atoms with Crippen LogP contribution in [-0.4, -0.2) is 29.0 Å². The van der Waals surface area contributed by atoms with Gasteiger partial charge in [0.05, 0.1) is 5.52 Å². The number of fused-ring (bicyclic) bond motifs is 1. The fourth-order valence-electron chi connectivity index (χ4n) is 3.89. The summed E-state index contributed by atoms with van der Waals surface area (Å²) in [5, 5.41) is 4.58. The Balaban J connectivity index is 1.61. The van der Waals surface area contributed by atoms with Crippen molar-refractivity contribution in [2.24, 2.45) is 5.92 Å². The lowest BCUT2D eigenvalue weighted by molar-refractivity contribution is -0.121. The number of benzene rings is 3. The van der Waals surface area contributed by atoms with Gasteiger partial charge in [0.25, 0.3) is 0 Å². The van der Waals surface area contributed by atoms with E-state index in [4.69, 9.17) is 21.6 Å². The number of carbonyl (C=O) groups excluding carboxylic acids is 1. The van der Waals surface area contributed by atoms with E-state index in [1.165, 1.54) is 0 Å². The summed E-state index contributed by atoms with van der Waals surface area (Å²) in [7, 11) is 0. The standard InChI is InChI=1S/C28H29ClN4O/c1-20(2)19-33(16-15-26(34)30-18-21-9-5-3-6-10-21)28-24-14-13-23(29)17-25(24)31-27(32-28)22-11-7-4-8-12-22/h3-14,17,20H,15-16,18-19H2,1-2H3,(H,30,34). The SMILES string of the molecule is CC(C)CN(CCC(=O)NCc1ccccc1)c1nc(-c2ccccc2)nc2cc(Cl)ccc12. The smallest absolute Gasteiger partial charge is 0.222 e. The first-order valence-electron chi connectivity index (χ1n) is 11.6. The minimum Gasteiger partial charge on any atom is -0.355 e. The zero-order valence-corrected chi connectivity index (χ0v) is 20.3. The third-order valence-corrected chi connectivity index (χ3v) is 5.73. The molecule has 1 heterocycles. The molecule has 0 radical (unpaired) electrons. The summed E-state index contributed by atoms with van der Waals surface area (Å²) in [4.78, 5) is 24.6. The van der Waals surface area contributed by atoms with Crippen LogP contribution in [0.25, 0.3) is 22.3 Å². The average Bonchev–Trinajstić information content (AvgIpc) is 2.85. The van der Waals surface area contributed by atoms with Gasteiger partial charge in [0.1, 0.15) is 5.82 Å². The number of carbonyl (C=O) groups is 1. The molecule has 0 bridgehead atoms. The lowest BCUT2D eigenvalue weighted by Crippen LogP contribution is -2.34. The summed E-state index contributed by atoms with van der Waals surface area (Å²) in [5.74, 6) is 1.88. The number of halogens is 1. The van der Waals surface area contributed by atoms with Crippen molar-refractivity contribution >= 4 is 34.2 Å². The minimum atomic E-state index is 0.0160. The predicted molar refractivity (Wildman–Crippen MR) is 140 cm³/mol. The van der Waals surface area contributed by atoms with E-state index in [0.717, 1.165) is 34.4 Å². The first-order chi connectivity index (χ1) is 16.5. The van der Waals surface area contributed by atoms with Gasteiger partial charge in [0.15, 0.2) is 5.82 Å². The highest BCUT2D eigenvalue weighted by Gasteiger charge is 2.18. The molecule has 0 aliphatic heterocycles. The first kappa shape index (κ1) is 23.7. The Morgan fingerprint density at radius 1 is 0.971 bits per heavy atom. The third-order valence-electron chi connectivity index (χ3n) is 5.50. The van der Waals surface area contributed by atoms with Crippen LogP contribution in [0.15, 0.2) is 78.9 Å². The van der Waals surface area contributed by atoms with Crippen molar-refractivity contribution in [3.63, 3.8) is 0 Å². The molecule has 1 aromatic heterocycles. The molecule has 0 aliphatic rings. The molecule has 1 N–H and O–H groups in total. The van der Waals surface area contributed by atoms with Crippen LogP contribution in [-0.2, 0) is 11.3 Å². The fraction of sp³-hybridized carbons (Fsp3) is 0.250. The van der Waals surface area contributed by atoms with E-state index < -0.39 is 0 Å².